The molecular formula is C26H28F3N5O4. The maximum atomic E-state index is 12.8. The van der Waals surface area contributed by atoms with E-state index < -0.39 is 6.36 Å². The molecule has 0 saturated carbocycles. The normalized spacial score (nSPS) is 14.2. The molecule has 0 bridgehead atoms. The van der Waals surface area contributed by atoms with Crippen LogP contribution in [-0.4, -0.2) is 46.5 Å². The van der Waals surface area contributed by atoms with Crippen LogP contribution in [0.15, 0.2) is 53.6 Å². The molecule has 9 nitrogen and oxygen atoms in total. The summed E-state index contributed by atoms with van der Waals surface area (Å²) in [6, 6.07) is 8.60. The lowest BCUT2D eigenvalue weighted by Crippen LogP contribution is -2.43. The molecule has 0 atom stereocenters. The molecule has 1 aliphatic heterocycles. The summed E-state index contributed by atoms with van der Waals surface area (Å²) in [5.41, 5.74) is 2.20. The van der Waals surface area contributed by atoms with Crippen LogP contribution < -0.4 is 20.1 Å². The first-order valence-corrected chi connectivity index (χ1v) is 12.0. The number of amides is 2. The number of pyridine rings is 1. The summed E-state index contributed by atoms with van der Waals surface area (Å²) >= 11 is 0. The topological polar surface area (TPSA) is 102 Å². The Morgan fingerprint density at radius 3 is 2.61 bits per heavy atom. The van der Waals surface area contributed by atoms with Crippen LogP contribution in [0.4, 0.5) is 23.8 Å². The Morgan fingerprint density at radius 2 is 1.92 bits per heavy atom. The SMILES string of the molecule is C=C(NCc1oc(C)nc1C)c1ccnc(NC(=O)N2CCC(Oc3cccc(OC(F)(F)F)c3)CC2)c1. The average molecular weight is 532 g/mol. The predicted molar refractivity (Wildman–Crippen MR) is 133 cm³/mol. The highest BCUT2D eigenvalue weighted by atomic mass is 19.4. The fourth-order valence-corrected chi connectivity index (χ4v) is 4.02. The Hall–Kier alpha value is -4.22. The van der Waals surface area contributed by atoms with Crippen LogP contribution in [-0.2, 0) is 6.54 Å². The minimum Gasteiger partial charge on any atom is -0.490 e. The largest absolute Gasteiger partial charge is 0.573 e. The molecule has 0 unspecified atom stereocenters. The van der Waals surface area contributed by atoms with Crippen molar-refractivity contribution in [1.29, 1.82) is 0 Å². The van der Waals surface area contributed by atoms with Crippen LogP contribution >= 0.6 is 0 Å². The summed E-state index contributed by atoms with van der Waals surface area (Å²) in [4.78, 5) is 22.9. The summed E-state index contributed by atoms with van der Waals surface area (Å²) in [6.45, 7) is 8.96. The van der Waals surface area contributed by atoms with E-state index in [9.17, 15) is 18.0 Å². The second-order valence-corrected chi connectivity index (χ2v) is 8.76. The number of carbonyl (C=O) groups excluding carboxylic acids is 1. The number of nitrogens with one attached hydrogen (secondary N) is 2. The zero-order valence-corrected chi connectivity index (χ0v) is 21.0. The van der Waals surface area contributed by atoms with Gasteiger partial charge in [0.05, 0.1) is 12.2 Å². The second-order valence-electron chi connectivity index (χ2n) is 8.76. The standard InChI is InChI=1S/C26H28F3N5O4/c1-16(31-15-23-17(2)32-18(3)36-23)19-7-10-30-24(13-19)33-25(35)34-11-8-20(9-12-34)37-21-5-4-6-22(14-21)38-26(27,28)29/h4-7,10,13-14,20,31H,1,8-9,11-12,15H2,2-3H3,(H,30,33,35). The summed E-state index contributed by atoms with van der Waals surface area (Å²) in [5, 5.41) is 6.00. The lowest BCUT2D eigenvalue weighted by Gasteiger charge is -2.32. The highest BCUT2D eigenvalue weighted by Crippen LogP contribution is 2.28. The summed E-state index contributed by atoms with van der Waals surface area (Å²) in [5.74, 6) is 1.63. The predicted octanol–water partition coefficient (Wildman–Crippen LogP) is 5.42. The quantitative estimate of drug-likeness (QED) is 0.400. The minimum atomic E-state index is -4.77. The van der Waals surface area contributed by atoms with Gasteiger partial charge in [-0.15, -0.1) is 13.2 Å². The van der Waals surface area contributed by atoms with Crippen molar-refractivity contribution in [2.45, 2.75) is 45.7 Å². The number of ether oxygens (including phenoxy) is 2. The zero-order chi connectivity index (χ0) is 27.3. The van der Waals surface area contributed by atoms with Crippen LogP contribution in [0.3, 0.4) is 0 Å². The molecule has 2 N–H and O–H groups in total. The first-order chi connectivity index (χ1) is 18.1. The van der Waals surface area contributed by atoms with E-state index in [4.69, 9.17) is 9.15 Å². The molecule has 3 heterocycles. The van der Waals surface area contributed by atoms with Gasteiger partial charge in [-0.05, 0) is 31.2 Å². The molecular weight excluding hydrogens is 503 g/mol. The monoisotopic (exact) mass is 531 g/mol. The van der Waals surface area contributed by atoms with Crippen LogP contribution in [0.1, 0.15) is 35.7 Å². The Bertz CT molecular complexity index is 1290. The van der Waals surface area contributed by atoms with E-state index in [0.717, 1.165) is 17.0 Å². The number of hydrogen-bond acceptors (Lipinski definition) is 7. The molecule has 12 heteroatoms. The van der Waals surface area contributed by atoms with Crippen molar-refractivity contribution in [1.82, 2.24) is 20.2 Å². The Balaban J connectivity index is 1.26. The van der Waals surface area contributed by atoms with E-state index in [1.165, 1.54) is 18.2 Å². The number of aromatic nitrogens is 2. The molecule has 1 aromatic carbocycles. The summed E-state index contributed by atoms with van der Waals surface area (Å²) in [7, 11) is 0. The number of aryl methyl sites for hydroxylation is 2. The highest BCUT2D eigenvalue weighted by molar-refractivity contribution is 5.88. The first kappa shape index (κ1) is 26.8. The van der Waals surface area contributed by atoms with Gasteiger partial charge in [0.25, 0.3) is 0 Å². The number of carbonyl (C=O) groups is 1. The molecule has 202 valence electrons. The Labute approximate surface area is 217 Å². The highest BCUT2D eigenvalue weighted by Gasteiger charge is 2.31. The van der Waals surface area contributed by atoms with Crippen molar-refractivity contribution < 1.29 is 31.9 Å². The summed E-state index contributed by atoms with van der Waals surface area (Å²) in [6.07, 6.45) is -2.39. The molecule has 2 aromatic heterocycles. The molecule has 0 spiro atoms. The second kappa shape index (κ2) is 11.4. The van der Waals surface area contributed by atoms with Gasteiger partial charge in [0, 0.05) is 56.4 Å². The number of urea groups is 1. The van der Waals surface area contributed by atoms with Gasteiger partial charge in [-0.3, -0.25) is 5.32 Å². The minimum absolute atomic E-state index is 0.243. The molecule has 4 rings (SSSR count). The maximum absolute atomic E-state index is 12.8. The van der Waals surface area contributed by atoms with Crippen LogP contribution in [0.5, 0.6) is 11.5 Å². The molecule has 38 heavy (non-hydrogen) atoms. The van der Waals surface area contributed by atoms with Gasteiger partial charge in [0.15, 0.2) is 5.89 Å². The van der Waals surface area contributed by atoms with Crippen LogP contribution in [0.2, 0.25) is 0 Å². The molecule has 1 saturated heterocycles. The number of alkyl halides is 3. The molecule has 1 aliphatic rings. The molecule has 0 radical (unpaired) electrons. The van der Waals surface area contributed by atoms with Gasteiger partial charge in [0.1, 0.15) is 29.2 Å². The van der Waals surface area contributed by atoms with E-state index in [0.29, 0.717) is 49.9 Å². The zero-order valence-electron chi connectivity index (χ0n) is 21.0. The van der Waals surface area contributed by atoms with Crippen molar-refractivity contribution in [2.24, 2.45) is 0 Å². The molecule has 3 aromatic rings. The summed E-state index contributed by atoms with van der Waals surface area (Å²) < 4.78 is 52.7. The Kier molecular flexibility index (Phi) is 8.08. The van der Waals surface area contributed by atoms with Crippen molar-refractivity contribution in [3.8, 4) is 11.5 Å². The van der Waals surface area contributed by atoms with Gasteiger partial charge < -0.3 is 24.1 Å². The lowest BCUT2D eigenvalue weighted by atomic mass is 10.1. The lowest BCUT2D eigenvalue weighted by molar-refractivity contribution is -0.274. The number of anilines is 1. The molecule has 1 fully saturated rings. The van der Waals surface area contributed by atoms with Gasteiger partial charge in [0.2, 0.25) is 0 Å². The fourth-order valence-electron chi connectivity index (χ4n) is 4.02. The number of oxazole rings is 1. The van der Waals surface area contributed by atoms with E-state index in [-0.39, 0.29) is 23.6 Å². The third-order valence-electron chi connectivity index (χ3n) is 5.88. The van der Waals surface area contributed by atoms with E-state index in [2.05, 4.69) is 31.9 Å². The number of piperidine rings is 1. The fraction of sp³-hybridized carbons (Fsp3) is 0.346. The van der Waals surface area contributed by atoms with Crippen molar-refractivity contribution in [3.05, 3.63) is 72.1 Å². The van der Waals surface area contributed by atoms with Crippen molar-refractivity contribution >= 4 is 17.5 Å². The van der Waals surface area contributed by atoms with Crippen molar-refractivity contribution in [3.63, 3.8) is 0 Å². The Morgan fingerprint density at radius 1 is 1.18 bits per heavy atom. The number of likely N-dealkylation sites (tertiary alicyclic amines) is 1. The van der Waals surface area contributed by atoms with Crippen LogP contribution in [0, 0.1) is 13.8 Å². The number of rotatable bonds is 8. The number of benzene rings is 1. The smallest absolute Gasteiger partial charge is 0.490 e. The third kappa shape index (κ3) is 7.40. The molecule has 0 aliphatic carbocycles. The van der Waals surface area contributed by atoms with E-state index >= 15 is 0 Å². The van der Waals surface area contributed by atoms with E-state index in [1.807, 2.05) is 6.92 Å². The molecule has 2 amide bonds. The number of nitrogens with zero attached hydrogens (tertiary/aromatic N) is 3. The van der Waals surface area contributed by atoms with Crippen molar-refractivity contribution in [2.75, 3.05) is 18.4 Å². The first-order valence-electron chi connectivity index (χ1n) is 12.0. The van der Waals surface area contributed by atoms with Gasteiger partial charge in [-0.2, -0.15) is 0 Å². The van der Waals surface area contributed by atoms with Crippen LogP contribution in [0.25, 0.3) is 5.70 Å². The third-order valence-corrected chi connectivity index (χ3v) is 5.88. The maximum Gasteiger partial charge on any atom is 0.573 e. The number of halogens is 3. The number of hydrogen-bond donors (Lipinski definition) is 2. The average Bonchev–Trinajstić information content (AvgIpc) is 3.19. The van der Waals surface area contributed by atoms with Gasteiger partial charge in [-0.1, -0.05) is 12.6 Å². The van der Waals surface area contributed by atoms with E-state index in [1.54, 1.807) is 36.2 Å². The van der Waals surface area contributed by atoms with Gasteiger partial charge >= 0.3 is 12.4 Å². The van der Waals surface area contributed by atoms with Gasteiger partial charge in [-0.25, -0.2) is 14.8 Å².